The van der Waals surface area contributed by atoms with Crippen molar-refractivity contribution in [3.63, 3.8) is 0 Å². The Morgan fingerprint density at radius 2 is 0.789 bits per heavy atom. The van der Waals surface area contributed by atoms with Gasteiger partial charge in [0.15, 0.2) is 28.2 Å². The molecule has 626 valence electrons. The van der Waals surface area contributed by atoms with E-state index in [-0.39, 0.29) is 60.4 Å². The number of carbonyl (C=O) groups excluding carboxylic acids is 4. The first-order chi connectivity index (χ1) is 58.8. The average Bonchev–Trinajstić information content (AvgIpc) is 1.23. The number of terminal acetylenes is 1. The molecule has 0 fully saturated rings. The van der Waals surface area contributed by atoms with E-state index in [9.17, 15) is 24.0 Å². The Bertz CT molecular complexity index is 5810. The number of hydrogen-bond acceptors (Lipinski definition) is 24. The molecule has 123 heavy (non-hydrogen) atoms. The Balaban J connectivity index is 0.000000267. The van der Waals surface area contributed by atoms with Gasteiger partial charge in [-0.05, 0) is 196 Å². The van der Waals surface area contributed by atoms with E-state index in [0.717, 1.165) is 123 Å². The Morgan fingerprint density at radius 1 is 0.455 bits per heavy atom. The number of hydrogen-bond donors (Lipinski definition) is 2. The number of aromatic nitrogens is 15. The first-order valence-electron chi connectivity index (χ1n) is 37.3. The molecule has 0 aliphatic carbocycles. The molecule has 10 aromatic heterocycles. The molecule has 0 bridgehead atoms. The first kappa shape index (κ1) is 101. The summed E-state index contributed by atoms with van der Waals surface area (Å²) >= 11 is 2.24. The summed E-state index contributed by atoms with van der Waals surface area (Å²) in [5.74, 6) is 7.23. The molecule has 0 radical (unpaired) electrons. The van der Waals surface area contributed by atoms with Crippen LogP contribution in [0.4, 0.5) is 0 Å². The minimum absolute atomic E-state index is 0. The summed E-state index contributed by atoms with van der Waals surface area (Å²) in [7, 11) is 12.6. The number of rotatable bonds is 21. The number of carboxylic acids is 1. The second-order valence-electron chi connectivity index (χ2n) is 24.7. The quantitative estimate of drug-likeness (QED) is 0.0103. The predicted molar refractivity (Wildman–Crippen MR) is 468 cm³/mol. The molecule has 30 nitrogen and oxygen atoms in total. The number of carboxylic acid groups (broad SMARTS) is 1. The van der Waals surface area contributed by atoms with Crippen LogP contribution in [0, 0.1) is 34.8 Å². The standard InChI is InChI=1S/2C20H21N3O3.C18H15N3O3.C14H12IN3O.C11H11N3O2.C4H4O2.C2H5.CH3O.Li.Na/c2*1-4-15(12-18(24)26-3)19-17-6-5-11-21-20(17)23(22-19)13-14-7-9-16(25-2)10-8-14;1-23-14-7-5-13(6-8-14)12-21-18-15(4-3-11-19-18)16(20-21)9-10-17(22)24-2;1-19-11-6-4-10(5-7-11)9-18-14-12(13(15)17-18)3-2-8-16-14;1-2-7(6-9(15)16)10-8-4-3-5-12-11(8)14-13-10;1-3-4(5)6-2;2*1-2;;/h2*5-12H,4,13H2,1-3H3;3-8,11H,12H2,1-2H3;2-8H,9H2,1H3;3-6H,2H2,1H3,(H,15,16)(H,12,13,14);1H,2H3;1H2,2H3;1H3;;/q;;;;;;2*-1;2*+1/b15-12+;15-12-;;;7-6+;;;;;. The summed E-state index contributed by atoms with van der Waals surface area (Å²) in [5.41, 5.74) is 13.3. The van der Waals surface area contributed by atoms with Gasteiger partial charge in [0.2, 0.25) is 0 Å². The van der Waals surface area contributed by atoms with Gasteiger partial charge in [-0.2, -0.15) is 39.5 Å². The van der Waals surface area contributed by atoms with Gasteiger partial charge in [0.1, 0.15) is 32.4 Å². The van der Waals surface area contributed by atoms with Crippen molar-refractivity contribution in [2.45, 2.75) is 73.1 Å². The molecule has 33 heteroatoms. The minimum Gasteiger partial charge on any atom is -0.857 e. The molecule has 0 aliphatic heterocycles. The number of aromatic amines is 1. The third-order valence-corrected chi connectivity index (χ3v) is 18.2. The van der Waals surface area contributed by atoms with E-state index in [1.54, 1.807) is 83.0 Å². The molecule has 0 unspecified atom stereocenters. The number of ether oxygens (including phenoxy) is 8. The molecule has 0 aliphatic rings. The maximum atomic E-state index is 11.7. The Morgan fingerprint density at radius 3 is 1.13 bits per heavy atom. The number of halogens is 1. The number of nitrogens with one attached hydrogen (secondary N) is 1. The van der Waals surface area contributed by atoms with Crippen LogP contribution in [0.25, 0.3) is 71.9 Å². The summed E-state index contributed by atoms with van der Waals surface area (Å²) in [6.45, 7) is 13.3. The van der Waals surface area contributed by atoms with Crippen molar-refractivity contribution in [1.82, 2.24) is 74.2 Å². The molecule has 0 saturated carbocycles. The molecule has 14 rings (SSSR count). The van der Waals surface area contributed by atoms with Crippen molar-refractivity contribution in [2.75, 3.05) is 64.0 Å². The number of carbonyl (C=O) groups is 5. The van der Waals surface area contributed by atoms with E-state index in [0.29, 0.717) is 68.0 Å². The van der Waals surface area contributed by atoms with E-state index < -0.39 is 17.9 Å². The maximum absolute atomic E-state index is 11.7. The second-order valence-corrected chi connectivity index (χ2v) is 25.7. The number of nitrogens with zero attached hydrogens (tertiary/aromatic N) is 14. The predicted octanol–water partition coefficient (Wildman–Crippen LogP) is 7.47. The second kappa shape index (κ2) is 53.0. The van der Waals surface area contributed by atoms with Gasteiger partial charge in [0.05, 0.1) is 111 Å². The zero-order valence-corrected chi connectivity index (χ0v) is 75.3. The topological polar surface area (TPSA) is 367 Å². The number of methoxy groups -OCH3 is 8. The van der Waals surface area contributed by atoms with Crippen LogP contribution in [0.1, 0.15) is 92.0 Å². The maximum Gasteiger partial charge on any atom is 1.00 e. The van der Waals surface area contributed by atoms with Crippen LogP contribution in [0.2, 0.25) is 0 Å². The van der Waals surface area contributed by atoms with Crippen molar-refractivity contribution >= 4 is 124 Å². The fraction of sp³-hybridized carbons (Fsp3) is 0.222. The third kappa shape index (κ3) is 28.9. The molecule has 0 amide bonds. The summed E-state index contributed by atoms with van der Waals surface area (Å²) in [4.78, 5) is 76.8. The smallest absolute Gasteiger partial charge is 0.857 e. The van der Waals surface area contributed by atoms with Crippen molar-refractivity contribution in [2.24, 2.45) is 0 Å². The Kier molecular flexibility index (Phi) is 43.4. The average molecular weight is 1780 g/mol. The van der Waals surface area contributed by atoms with Crippen molar-refractivity contribution in [3.05, 3.63) is 263 Å². The molecular weight excluding hydrogens is 1690 g/mol. The molecule has 14 aromatic rings. The zero-order chi connectivity index (χ0) is 87.8. The van der Waals surface area contributed by atoms with Crippen molar-refractivity contribution in [1.29, 1.82) is 0 Å². The first-order valence-corrected chi connectivity index (χ1v) is 38.4. The van der Waals surface area contributed by atoms with Gasteiger partial charge < -0.3 is 55.0 Å². The van der Waals surface area contributed by atoms with Crippen LogP contribution in [-0.4, -0.2) is 173 Å². The minimum atomic E-state index is -0.955. The van der Waals surface area contributed by atoms with E-state index in [1.165, 1.54) is 52.2 Å². The molecule has 10 heterocycles. The van der Waals surface area contributed by atoms with E-state index >= 15 is 0 Å². The number of esters is 4. The van der Waals surface area contributed by atoms with Crippen molar-refractivity contribution in [3.8, 4) is 47.2 Å². The van der Waals surface area contributed by atoms with E-state index in [2.05, 4.69) is 103 Å². The normalized spacial score (nSPS) is 10.5. The van der Waals surface area contributed by atoms with Crippen LogP contribution >= 0.6 is 22.6 Å². The summed E-state index contributed by atoms with van der Waals surface area (Å²) in [6, 6.07) is 50.4. The van der Waals surface area contributed by atoms with E-state index in [1.807, 2.05) is 186 Å². The SMILES string of the molecule is C#CC(=O)OC.CC/C(=C/C(=O)OC)c1nn(Cc2ccc(OC)cc2)c2ncccc12.CC/C(=C\C(=O)O)c1[nH]nc2ncccc12.CC/C(=C\C(=O)OC)c1nn(Cc2ccc(OC)cc2)c2ncccc12.COC(=O)C#Cc1nn(Cc2ccc(OC)cc2)c2ncccc12.COc1ccc(Cn2nc(I)c3cccnc32)cc1.C[O-].[CH2-]C.[Li+].[Na+]. The fourth-order valence-corrected chi connectivity index (χ4v) is 12.2. The molecular formula is C90H92ILiN15NaO15. The molecule has 2 N–H and O–H groups in total. The van der Waals surface area contributed by atoms with Gasteiger partial charge >= 0.3 is 78.3 Å². The van der Waals surface area contributed by atoms with Gasteiger partial charge in [0.25, 0.3) is 0 Å². The van der Waals surface area contributed by atoms with E-state index in [4.69, 9.17) is 48.8 Å². The number of H-pyrrole nitrogens is 1. The van der Waals surface area contributed by atoms with Gasteiger partial charge in [-0.15, -0.1) is 6.42 Å². The Labute approximate surface area is 760 Å². The van der Waals surface area contributed by atoms with Crippen LogP contribution in [0.3, 0.4) is 0 Å². The number of fused-ring (bicyclic) bond motifs is 5. The fourth-order valence-electron chi connectivity index (χ4n) is 11.5. The Hall–Kier alpha value is -12.8. The van der Waals surface area contributed by atoms with Gasteiger partial charge in [-0.3, -0.25) is 5.10 Å². The van der Waals surface area contributed by atoms with Gasteiger partial charge in [0, 0.05) is 77.2 Å². The molecule has 4 aromatic carbocycles. The molecule has 0 saturated heterocycles. The summed E-state index contributed by atoms with van der Waals surface area (Å²) < 4.78 is 47.2. The van der Waals surface area contributed by atoms with Crippen LogP contribution in [-0.2, 0) is 69.1 Å². The number of allylic oxidation sites excluding steroid dienone is 3. The molecule has 0 atom stereocenters. The number of benzene rings is 4. The largest absolute Gasteiger partial charge is 1.00 e. The van der Waals surface area contributed by atoms with Crippen LogP contribution in [0.5, 0.6) is 23.0 Å². The van der Waals surface area contributed by atoms with Gasteiger partial charge in [-0.25, -0.2) is 67.6 Å². The molecule has 0 spiro atoms. The third-order valence-electron chi connectivity index (χ3n) is 17.4. The van der Waals surface area contributed by atoms with Crippen LogP contribution in [0.15, 0.2) is 207 Å². The summed E-state index contributed by atoms with van der Waals surface area (Å²) in [5, 5.41) is 46.9. The zero-order valence-electron chi connectivity index (χ0n) is 71.2. The van der Waals surface area contributed by atoms with Crippen LogP contribution < -0.4 is 72.5 Å². The monoisotopic (exact) mass is 1780 g/mol. The van der Waals surface area contributed by atoms with Crippen molar-refractivity contribution < 1.29 is 120 Å². The van der Waals surface area contributed by atoms with Gasteiger partial charge in [-0.1, -0.05) is 69.3 Å². The number of aliphatic carboxylic acids is 1. The summed E-state index contributed by atoms with van der Waals surface area (Å²) in [6.07, 6.45) is 19.3. The number of pyridine rings is 5.